The fourth-order valence-corrected chi connectivity index (χ4v) is 5.12. The molecule has 1 aliphatic rings. The van der Waals surface area contributed by atoms with Gasteiger partial charge in [-0.15, -0.1) is 0 Å². The number of unbranched alkanes of at least 4 members (excludes halogenated alkanes) is 1. The van der Waals surface area contributed by atoms with Crippen LogP contribution < -0.4 is 15.4 Å². The molecule has 47 heavy (non-hydrogen) atoms. The van der Waals surface area contributed by atoms with Crippen molar-refractivity contribution in [3.63, 3.8) is 0 Å². The van der Waals surface area contributed by atoms with E-state index in [0.717, 1.165) is 5.56 Å². The third kappa shape index (κ3) is 9.90. The molecular formula is C34H40F3N3O7. The highest BCUT2D eigenvalue weighted by Crippen LogP contribution is 2.31. The largest absolute Gasteiger partial charge is 0.482 e. The maximum absolute atomic E-state index is 14.5. The van der Waals surface area contributed by atoms with Crippen LogP contribution in [0.15, 0.2) is 36.4 Å². The van der Waals surface area contributed by atoms with Gasteiger partial charge in [0.2, 0.25) is 11.7 Å². The smallest absolute Gasteiger partial charge is 0.313 e. The van der Waals surface area contributed by atoms with Gasteiger partial charge in [0, 0.05) is 30.8 Å². The Morgan fingerprint density at radius 1 is 1.06 bits per heavy atom. The van der Waals surface area contributed by atoms with Gasteiger partial charge in [-0.1, -0.05) is 64.5 Å². The number of benzene rings is 2. The summed E-state index contributed by atoms with van der Waals surface area (Å²) in [4.78, 5) is 64.5. The summed E-state index contributed by atoms with van der Waals surface area (Å²) in [7, 11) is 0. The lowest BCUT2D eigenvalue weighted by Crippen LogP contribution is -2.50. The minimum Gasteiger partial charge on any atom is -0.482 e. The second kappa shape index (κ2) is 16.2. The van der Waals surface area contributed by atoms with E-state index in [-0.39, 0.29) is 31.3 Å². The van der Waals surface area contributed by atoms with Crippen molar-refractivity contribution in [1.82, 2.24) is 10.2 Å². The molecular weight excluding hydrogens is 619 g/mol. The number of rotatable bonds is 12. The van der Waals surface area contributed by atoms with Crippen molar-refractivity contribution in [3.05, 3.63) is 65.0 Å². The van der Waals surface area contributed by atoms with E-state index in [1.165, 1.54) is 17.1 Å². The van der Waals surface area contributed by atoms with E-state index in [2.05, 4.69) is 10.6 Å². The standard InChI is InChI=1S/C34H40F3N3O7/c1-5-6-7-10-21-23(35)17-24(36)29(37)30(21)47-19-27(41)26(18-28(42)43)39-31(44)20-13-15-40(16-14-20)33(46)32(45)38-25-12-9-8-11-22(25)34(2,3)4/h7-12,17,20,26H,5-6,13-16,18-19H2,1-4H3,(H,38,45)(H,39,44)(H,42,43)/b10-7+/t26-/m0/s1. The molecule has 0 aliphatic carbocycles. The molecule has 1 atom stereocenters. The number of carbonyl (C=O) groups excluding carboxylic acids is 4. The maximum atomic E-state index is 14.5. The number of ketones is 1. The molecule has 3 rings (SSSR count). The topological polar surface area (TPSA) is 142 Å². The summed E-state index contributed by atoms with van der Waals surface area (Å²) < 4.78 is 48.1. The first-order chi connectivity index (χ1) is 22.1. The fourth-order valence-electron chi connectivity index (χ4n) is 5.12. The van der Waals surface area contributed by atoms with Gasteiger partial charge in [0.05, 0.1) is 12.0 Å². The molecule has 3 amide bonds. The lowest BCUT2D eigenvalue weighted by atomic mass is 9.86. The molecule has 0 radical (unpaired) electrons. The number of ether oxygens (including phenoxy) is 1. The van der Waals surface area contributed by atoms with Crippen molar-refractivity contribution >= 4 is 41.2 Å². The number of nitrogens with one attached hydrogen (secondary N) is 2. The highest BCUT2D eigenvalue weighted by Gasteiger charge is 2.33. The zero-order chi connectivity index (χ0) is 34.9. The van der Waals surface area contributed by atoms with Crippen molar-refractivity contribution < 1.29 is 47.0 Å². The van der Waals surface area contributed by atoms with Gasteiger partial charge in [0.1, 0.15) is 18.5 Å². The van der Waals surface area contributed by atoms with Crippen LogP contribution in [-0.4, -0.2) is 65.2 Å². The number of para-hydroxylation sites is 1. The maximum Gasteiger partial charge on any atom is 0.313 e. The van der Waals surface area contributed by atoms with E-state index in [1.54, 1.807) is 12.1 Å². The van der Waals surface area contributed by atoms with Gasteiger partial charge in [-0.3, -0.25) is 24.0 Å². The zero-order valence-corrected chi connectivity index (χ0v) is 26.8. The number of amides is 3. The number of allylic oxidation sites excluding steroid dienone is 1. The highest BCUT2D eigenvalue weighted by molar-refractivity contribution is 6.39. The summed E-state index contributed by atoms with van der Waals surface area (Å²) in [5.41, 5.74) is 0.662. The first-order valence-corrected chi connectivity index (χ1v) is 15.3. The van der Waals surface area contributed by atoms with Gasteiger partial charge in [0.15, 0.2) is 17.3 Å². The lowest BCUT2D eigenvalue weighted by molar-refractivity contribution is -0.145. The summed E-state index contributed by atoms with van der Waals surface area (Å²) in [5, 5.41) is 14.4. The van der Waals surface area contributed by atoms with Gasteiger partial charge in [-0.05, 0) is 36.3 Å². The van der Waals surface area contributed by atoms with Crippen LogP contribution in [0.5, 0.6) is 5.75 Å². The third-order valence-electron chi connectivity index (χ3n) is 7.68. The van der Waals surface area contributed by atoms with E-state index in [9.17, 15) is 42.3 Å². The van der Waals surface area contributed by atoms with Gasteiger partial charge >= 0.3 is 17.8 Å². The van der Waals surface area contributed by atoms with Crippen LogP contribution in [0.1, 0.15) is 70.9 Å². The Bertz CT molecular complexity index is 1530. The predicted octanol–water partition coefficient (Wildman–Crippen LogP) is 5.00. The van der Waals surface area contributed by atoms with Gasteiger partial charge in [-0.2, -0.15) is 4.39 Å². The summed E-state index contributed by atoms with van der Waals surface area (Å²) in [6, 6.07) is 5.91. The minimum absolute atomic E-state index is 0.0602. The Morgan fingerprint density at radius 3 is 2.34 bits per heavy atom. The molecule has 0 unspecified atom stereocenters. The Morgan fingerprint density at radius 2 is 1.72 bits per heavy atom. The molecule has 1 fully saturated rings. The number of likely N-dealkylation sites (tertiary alicyclic amines) is 1. The number of nitrogens with zero attached hydrogens (tertiary/aromatic N) is 1. The van der Waals surface area contributed by atoms with E-state index >= 15 is 0 Å². The molecule has 1 aliphatic heterocycles. The van der Waals surface area contributed by atoms with Crippen molar-refractivity contribution in [3.8, 4) is 5.75 Å². The monoisotopic (exact) mass is 659 g/mol. The van der Waals surface area contributed by atoms with Crippen molar-refractivity contribution in [1.29, 1.82) is 0 Å². The number of anilines is 1. The Hall–Kier alpha value is -4.68. The van der Waals surface area contributed by atoms with Crippen molar-refractivity contribution in [2.75, 3.05) is 25.0 Å². The molecule has 1 heterocycles. The fraction of sp³-hybridized carbons (Fsp3) is 0.441. The number of carboxylic acid groups (broad SMARTS) is 1. The number of halogens is 3. The van der Waals surface area contributed by atoms with Crippen LogP contribution in [0, 0.1) is 23.4 Å². The van der Waals surface area contributed by atoms with Gasteiger partial charge < -0.3 is 25.4 Å². The molecule has 0 saturated carbocycles. The quantitative estimate of drug-likeness (QED) is 0.215. The number of carbonyl (C=O) groups is 5. The molecule has 10 nitrogen and oxygen atoms in total. The summed E-state index contributed by atoms with van der Waals surface area (Å²) in [6.07, 6.45) is 3.37. The van der Waals surface area contributed by atoms with Crippen LogP contribution in [0.4, 0.5) is 18.9 Å². The van der Waals surface area contributed by atoms with E-state index in [4.69, 9.17) is 4.74 Å². The first-order valence-electron chi connectivity index (χ1n) is 15.3. The number of aliphatic carboxylic acids is 1. The Kier molecular flexibility index (Phi) is 12.7. The number of carboxylic acids is 1. The second-order valence-electron chi connectivity index (χ2n) is 12.3. The number of hydrogen-bond donors (Lipinski definition) is 3. The summed E-state index contributed by atoms with van der Waals surface area (Å²) >= 11 is 0. The van der Waals surface area contributed by atoms with Crippen LogP contribution >= 0.6 is 0 Å². The van der Waals surface area contributed by atoms with E-state index in [1.807, 2.05) is 39.8 Å². The molecule has 0 aromatic heterocycles. The lowest BCUT2D eigenvalue weighted by Gasteiger charge is -2.31. The van der Waals surface area contributed by atoms with E-state index in [0.29, 0.717) is 24.6 Å². The van der Waals surface area contributed by atoms with Crippen LogP contribution in [0.25, 0.3) is 6.08 Å². The van der Waals surface area contributed by atoms with Gasteiger partial charge in [0.25, 0.3) is 0 Å². The first kappa shape index (κ1) is 36.8. The number of hydrogen-bond acceptors (Lipinski definition) is 6. The van der Waals surface area contributed by atoms with Crippen LogP contribution in [0.3, 0.4) is 0 Å². The molecule has 3 N–H and O–H groups in total. The normalized spacial score (nSPS) is 14.5. The molecule has 13 heteroatoms. The summed E-state index contributed by atoms with van der Waals surface area (Å²) in [5.74, 6) is -10.4. The average Bonchev–Trinajstić information content (AvgIpc) is 3.01. The van der Waals surface area contributed by atoms with Crippen molar-refractivity contribution in [2.24, 2.45) is 5.92 Å². The Labute approximate surface area is 271 Å². The summed E-state index contributed by atoms with van der Waals surface area (Å²) in [6.45, 7) is 6.93. The van der Waals surface area contributed by atoms with Crippen LogP contribution in [0.2, 0.25) is 0 Å². The zero-order valence-electron chi connectivity index (χ0n) is 26.8. The number of piperidine rings is 1. The molecule has 0 spiro atoms. The minimum atomic E-state index is -1.59. The molecule has 2 aromatic rings. The molecule has 2 aromatic carbocycles. The Balaban J connectivity index is 1.62. The van der Waals surface area contributed by atoms with Gasteiger partial charge in [-0.25, -0.2) is 8.78 Å². The van der Waals surface area contributed by atoms with E-state index < -0.39 is 83.2 Å². The SMILES string of the molecule is CCC/C=C/c1c(F)cc(F)c(F)c1OCC(=O)[C@H](CC(=O)O)NC(=O)C1CCN(C(=O)C(=O)Nc2ccccc2C(C)(C)C)CC1. The highest BCUT2D eigenvalue weighted by atomic mass is 19.2. The van der Waals surface area contributed by atoms with Crippen molar-refractivity contribution in [2.45, 2.75) is 71.3 Å². The average molecular weight is 660 g/mol. The number of Topliss-reactive ketones (excluding diaryl/α,β-unsaturated/α-hetero) is 1. The molecule has 1 saturated heterocycles. The molecule has 254 valence electrons. The van der Waals surface area contributed by atoms with Crippen LogP contribution in [-0.2, 0) is 29.4 Å². The second-order valence-corrected chi connectivity index (χ2v) is 12.3. The predicted molar refractivity (Wildman–Crippen MR) is 168 cm³/mol. The molecule has 0 bridgehead atoms. The third-order valence-corrected chi connectivity index (χ3v) is 7.68.